The van der Waals surface area contributed by atoms with Crippen LogP contribution in [0.25, 0.3) is 10.4 Å². The summed E-state index contributed by atoms with van der Waals surface area (Å²) in [6.07, 6.45) is 1.50. The van der Waals surface area contributed by atoms with Crippen LogP contribution in [0.2, 0.25) is 0 Å². The monoisotopic (exact) mass is 343 g/mol. The number of carbonyl (C=O) groups excluding carboxylic acids is 1. The SMILES string of the molecule is COc1ccc(NC(=O)c2nc(C)sc2-c2cccc(F)c2)cn1. The molecule has 0 saturated heterocycles. The number of hydrogen-bond acceptors (Lipinski definition) is 5. The summed E-state index contributed by atoms with van der Waals surface area (Å²) in [5, 5.41) is 3.47. The zero-order valence-corrected chi connectivity index (χ0v) is 13.9. The van der Waals surface area contributed by atoms with Gasteiger partial charge in [-0.25, -0.2) is 14.4 Å². The molecule has 2 heterocycles. The summed E-state index contributed by atoms with van der Waals surface area (Å²) < 4.78 is 18.5. The predicted octanol–water partition coefficient (Wildman–Crippen LogP) is 3.91. The normalized spacial score (nSPS) is 10.5. The first kappa shape index (κ1) is 16.1. The maximum Gasteiger partial charge on any atom is 0.275 e. The van der Waals surface area contributed by atoms with Crippen molar-refractivity contribution in [1.82, 2.24) is 9.97 Å². The van der Waals surface area contributed by atoms with Crippen molar-refractivity contribution < 1.29 is 13.9 Å². The van der Waals surface area contributed by atoms with Crippen LogP contribution in [-0.4, -0.2) is 23.0 Å². The molecule has 3 rings (SSSR count). The Morgan fingerprint density at radius 2 is 2.12 bits per heavy atom. The van der Waals surface area contributed by atoms with E-state index < -0.39 is 0 Å². The lowest BCUT2D eigenvalue weighted by molar-refractivity contribution is 0.102. The molecule has 0 fully saturated rings. The number of rotatable bonds is 4. The van der Waals surface area contributed by atoms with Crippen molar-refractivity contribution in [2.75, 3.05) is 12.4 Å². The van der Waals surface area contributed by atoms with Crippen molar-refractivity contribution in [2.24, 2.45) is 0 Å². The van der Waals surface area contributed by atoms with Crippen LogP contribution >= 0.6 is 11.3 Å². The third-order valence-electron chi connectivity index (χ3n) is 3.24. The van der Waals surface area contributed by atoms with Gasteiger partial charge in [-0.3, -0.25) is 4.79 Å². The second-order valence-electron chi connectivity index (χ2n) is 4.96. The van der Waals surface area contributed by atoms with E-state index in [2.05, 4.69) is 15.3 Å². The highest BCUT2D eigenvalue weighted by Gasteiger charge is 2.19. The summed E-state index contributed by atoms with van der Waals surface area (Å²) in [5.41, 5.74) is 1.41. The van der Waals surface area contributed by atoms with E-state index in [1.54, 1.807) is 31.2 Å². The van der Waals surface area contributed by atoms with Gasteiger partial charge in [0.05, 0.1) is 28.9 Å². The van der Waals surface area contributed by atoms with Gasteiger partial charge >= 0.3 is 0 Å². The van der Waals surface area contributed by atoms with Gasteiger partial charge in [0.1, 0.15) is 11.5 Å². The topological polar surface area (TPSA) is 64.1 Å². The van der Waals surface area contributed by atoms with Gasteiger partial charge in [0.2, 0.25) is 5.88 Å². The van der Waals surface area contributed by atoms with Gasteiger partial charge < -0.3 is 10.1 Å². The van der Waals surface area contributed by atoms with E-state index in [1.165, 1.54) is 36.8 Å². The van der Waals surface area contributed by atoms with Gasteiger partial charge in [0.15, 0.2) is 0 Å². The summed E-state index contributed by atoms with van der Waals surface area (Å²) >= 11 is 1.35. The fraction of sp³-hybridized carbons (Fsp3) is 0.118. The molecule has 0 bridgehead atoms. The van der Waals surface area contributed by atoms with Crippen molar-refractivity contribution >= 4 is 22.9 Å². The minimum absolute atomic E-state index is 0.263. The standard InChI is InChI=1S/C17H14FN3O2S/c1-10-20-15(16(24-10)11-4-3-5-12(18)8-11)17(22)21-13-6-7-14(23-2)19-9-13/h3-9H,1-2H3,(H,21,22). The molecule has 0 saturated carbocycles. The van der Waals surface area contributed by atoms with Gasteiger partial charge in [-0.1, -0.05) is 12.1 Å². The number of nitrogens with one attached hydrogen (secondary N) is 1. The fourth-order valence-corrected chi connectivity index (χ4v) is 3.08. The van der Waals surface area contributed by atoms with Crippen LogP contribution < -0.4 is 10.1 Å². The van der Waals surface area contributed by atoms with Gasteiger partial charge in [0.25, 0.3) is 5.91 Å². The molecule has 1 aromatic carbocycles. The van der Waals surface area contributed by atoms with Crippen molar-refractivity contribution in [3.05, 3.63) is 59.1 Å². The first-order valence-electron chi connectivity index (χ1n) is 7.11. The molecule has 0 atom stereocenters. The zero-order chi connectivity index (χ0) is 17.1. The molecular weight excluding hydrogens is 329 g/mol. The first-order chi connectivity index (χ1) is 11.6. The number of halogens is 1. The van der Waals surface area contributed by atoms with E-state index in [1.807, 2.05) is 0 Å². The number of anilines is 1. The number of amides is 1. The largest absolute Gasteiger partial charge is 0.481 e. The zero-order valence-electron chi connectivity index (χ0n) is 13.0. The highest BCUT2D eigenvalue weighted by atomic mass is 32.1. The Kier molecular flexibility index (Phi) is 4.52. The van der Waals surface area contributed by atoms with Crippen molar-refractivity contribution in [1.29, 1.82) is 0 Å². The van der Waals surface area contributed by atoms with Gasteiger partial charge in [0, 0.05) is 6.07 Å². The number of aryl methyl sites for hydroxylation is 1. The van der Waals surface area contributed by atoms with Crippen LogP contribution in [0.1, 0.15) is 15.5 Å². The van der Waals surface area contributed by atoms with Gasteiger partial charge in [-0.05, 0) is 30.7 Å². The number of hydrogen-bond donors (Lipinski definition) is 1. The number of benzene rings is 1. The molecule has 2 aromatic heterocycles. The molecule has 0 aliphatic rings. The van der Waals surface area contributed by atoms with E-state index in [9.17, 15) is 9.18 Å². The number of aromatic nitrogens is 2. The number of methoxy groups -OCH3 is 1. The smallest absolute Gasteiger partial charge is 0.275 e. The Labute approximate surface area is 142 Å². The number of pyridine rings is 1. The molecule has 0 aliphatic carbocycles. The number of thiazole rings is 1. The van der Waals surface area contributed by atoms with Crippen molar-refractivity contribution in [3.8, 4) is 16.3 Å². The highest BCUT2D eigenvalue weighted by molar-refractivity contribution is 7.15. The van der Waals surface area contributed by atoms with E-state index in [4.69, 9.17) is 4.74 Å². The Morgan fingerprint density at radius 1 is 1.29 bits per heavy atom. The minimum atomic E-state index is -0.370. The molecule has 122 valence electrons. The maximum atomic E-state index is 13.5. The molecule has 0 aliphatic heterocycles. The van der Waals surface area contributed by atoms with E-state index in [0.29, 0.717) is 22.0 Å². The average molecular weight is 343 g/mol. The quantitative estimate of drug-likeness (QED) is 0.780. The second-order valence-corrected chi connectivity index (χ2v) is 6.17. The summed E-state index contributed by atoms with van der Waals surface area (Å²) in [6, 6.07) is 9.44. The van der Waals surface area contributed by atoms with Gasteiger partial charge in [-0.15, -0.1) is 11.3 Å². The molecule has 24 heavy (non-hydrogen) atoms. The average Bonchev–Trinajstić information content (AvgIpc) is 2.98. The summed E-state index contributed by atoms with van der Waals surface area (Å²) in [4.78, 5) is 21.5. The summed E-state index contributed by atoms with van der Waals surface area (Å²) in [7, 11) is 1.52. The highest BCUT2D eigenvalue weighted by Crippen LogP contribution is 2.31. The Balaban J connectivity index is 1.89. The fourth-order valence-electron chi connectivity index (χ4n) is 2.17. The molecule has 7 heteroatoms. The number of carbonyl (C=O) groups is 1. The Hall–Kier alpha value is -2.80. The third-order valence-corrected chi connectivity index (χ3v) is 4.26. The molecule has 1 N–H and O–H groups in total. The number of ether oxygens (including phenoxy) is 1. The molecule has 1 amide bonds. The van der Waals surface area contributed by atoms with Crippen molar-refractivity contribution in [2.45, 2.75) is 6.92 Å². The predicted molar refractivity (Wildman–Crippen MR) is 91.0 cm³/mol. The Morgan fingerprint density at radius 3 is 2.79 bits per heavy atom. The molecule has 0 unspecified atom stereocenters. The van der Waals surface area contributed by atoms with Crippen LogP contribution in [0.4, 0.5) is 10.1 Å². The summed E-state index contributed by atoms with van der Waals surface area (Å²) in [5.74, 6) is -0.271. The molecular formula is C17H14FN3O2S. The molecule has 3 aromatic rings. The lowest BCUT2D eigenvalue weighted by Crippen LogP contribution is -2.13. The lowest BCUT2D eigenvalue weighted by atomic mass is 10.1. The first-order valence-corrected chi connectivity index (χ1v) is 7.93. The third kappa shape index (κ3) is 3.41. The van der Waals surface area contributed by atoms with Crippen LogP contribution in [0.3, 0.4) is 0 Å². The minimum Gasteiger partial charge on any atom is -0.481 e. The molecule has 5 nitrogen and oxygen atoms in total. The van der Waals surface area contributed by atoms with Crippen molar-refractivity contribution in [3.63, 3.8) is 0 Å². The van der Waals surface area contributed by atoms with E-state index in [0.717, 1.165) is 5.01 Å². The van der Waals surface area contributed by atoms with E-state index >= 15 is 0 Å². The number of nitrogens with zero attached hydrogens (tertiary/aromatic N) is 2. The maximum absolute atomic E-state index is 13.5. The lowest BCUT2D eigenvalue weighted by Gasteiger charge is -2.06. The molecule has 0 radical (unpaired) electrons. The Bertz CT molecular complexity index is 878. The second kappa shape index (κ2) is 6.76. The van der Waals surface area contributed by atoms with Gasteiger partial charge in [-0.2, -0.15) is 0 Å². The van der Waals surface area contributed by atoms with E-state index in [-0.39, 0.29) is 17.4 Å². The van der Waals surface area contributed by atoms with Crippen LogP contribution in [0.15, 0.2) is 42.6 Å². The van der Waals surface area contributed by atoms with Crippen LogP contribution in [-0.2, 0) is 0 Å². The van der Waals surface area contributed by atoms with Crippen LogP contribution in [0, 0.1) is 12.7 Å². The summed E-state index contributed by atoms with van der Waals surface area (Å²) in [6.45, 7) is 1.80. The van der Waals surface area contributed by atoms with Crippen LogP contribution in [0.5, 0.6) is 5.88 Å². The molecule has 0 spiro atoms.